The summed E-state index contributed by atoms with van der Waals surface area (Å²) in [6, 6.07) is 0.232. The van der Waals surface area contributed by atoms with E-state index in [0.717, 1.165) is 25.7 Å². The zero-order valence-electron chi connectivity index (χ0n) is 12.7. The van der Waals surface area contributed by atoms with Gasteiger partial charge in [-0.15, -0.1) is 0 Å². The summed E-state index contributed by atoms with van der Waals surface area (Å²) in [4.78, 5) is 10.7. The monoisotopic (exact) mass is 438 g/mol. The molecule has 10 heteroatoms. The maximum atomic E-state index is 10.7. The topological polar surface area (TPSA) is 110 Å². The maximum absolute atomic E-state index is 10.7. The van der Waals surface area contributed by atoms with Gasteiger partial charge >= 0.3 is 5.97 Å². The van der Waals surface area contributed by atoms with Crippen LogP contribution in [-0.4, -0.2) is 35.4 Å². The largest absolute Gasteiger partial charge is 0.478 e. The summed E-state index contributed by atoms with van der Waals surface area (Å²) in [6.07, 6.45) is 3.70. The molecule has 5 nitrogen and oxygen atoms in total. The summed E-state index contributed by atoms with van der Waals surface area (Å²) in [7, 11) is 0. The summed E-state index contributed by atoms with van der Waals surface area (Å²) in [5.41, 5.74) is 10.6. The molecule has 0 aliphatic carbocycles. The van der Waals surface area contributed by atoms with Gasteiger partial charge in [0.15, 0.2) is 0 Å². The number of benzene rings is 1. The molecule has 0 saturated carbocycles. The van der Waals surface area contributed by atoms with Crippen LogP contribution in [0.3, 0.4) is 0 Å². The molecule has 1 atom stereocenters. The first kappa shape index (κ1) is 24.0. The van der Waals surface area contributed by atoms with Gasteiger partial charge in [0, 0.05) is 12.6 Å². The van der Waals surface area contributed by atoms with Crippen LogP contribution in [0.15, 0.2) is 0 Å². The number of hydrogen-bond donors (Lipinski definition) is 4. The quantitative estimate of drug-likeness (QED) is 0.369. The molecule has 0 saturated heterocycles. The van der Waals surface area contributed by atoms with Gasteiger partial charge in [-0.05, 0) is 32.2 Å². The number of hydrogen-bond acceptors (Lipinski definition) is 4. The Kier molecular flexibility index (Phi) is 12.4. The fourth-order valence-electron chi connectivity index (χ4n) is 1.67. The van der Waals surface area contributed by atoms with Crippen molar-refractivity contribution in [2.45, 2.75) is 31.7 Å². The van der Waals surface area contributed by atoms with Crippen LogP contribution in [0.5, 0.6) is 0 Å². The lowest BCUT2D eigenvalue weighted by Gasteiger charge is -2.08. The molecule has 0 bridgehead atoms. The van der Waals surface area contributed by atoms with Crippen LogP contribution in [0, 0.1) is 0 Å². The average Bonchev–Trinajstić information content (AvgIpc) is 2.54. The molecule has 0 aromatic heterocycles. The van der Waals surface area contributed by atoms with Gasteiger partial charge in [0.25, 0.3) is 0 Å². The van der Waals surface area contributed by atoms with Crippen molar-refractivity contribution in [3.05, 3.63) is 30.7 Å². The fourth-order valence-corrected chi connectivity index (χ4v) is 2.97. The van der Waals surface area contributed by atoms with Crippen LogP contribution >= 0.6 is 58.0 Å². The molecule has 0 aliphatic heterocycles. The lowest BCUT2D eigenvalue weighted by Crippen LogP contribution is -2.21. The molecule has 24 heavy (non-hydrogen) atoms. The minimum Gasteiger partial charge on any atom is -0.478 e. The van der Waals surface area contributed by atoms with Gasteiger partial charge in [-0.2, -0.15) is 0 Å². The molecule has 1 aromatic rings. The summed E-state index contributed by atoms with van der Waals surface area (Å²) >= 11 is 28.2. The van der Waals surface area contributed by atoms with Crippen LogP contribution in [0.2, 0.25) is 25.1 Å². The SMILES string of the molecule is NCCCC(N)CCCO.O=C(O)c1c(Cl)c(Cl)c(Cl)c(Cl)c1Cl. The molecule has 0 radical (unpaired) electrons. The molecule has 1 unspecified atom stereocenters. The number of aliphatic hydroxyl groups excluding tert-OH is 1. The van der Waals surface area contributed by atoms with Gasteiger partial charge in [0.1, 0.15) is 0 Å². The van der Waals surface area contributed by atoms with Crippen molar-refractivity contribution >= 4 is 64.0 Å². The van der Waals surface area contributed by atoms with E-state index >= 15 is 0 Å². The molecule has 1 aromatic carbocycles. The molecule has 1 rings (SSSR count). The molecule has 0 spiro atoms. The highest BCUT2D eigenvalue weighted by molar-refractivity contribution is 6.56. The minimum atomic E-state index is -1.32. The summed E-state index contributed by atoms with van der Waals surface area (Å²) in [5.74, 6) is -1.32. The summed E-state index contributed by atoms with van der Waals surface area (Å²) in [5, 5.41) is 16.5. The molecule has 0 aliphatic rings. The van der Waals surface area contributed by atoms with Crippen LogP contribution in [0.1, 0.15) is 36.0 Å². The van der Waals surface area contributed by atoms with E-state index in [1.54, 1.807) is 0 Å². The number of halogens is 5. The predicted octanol–water partition coefficient (Wildman–Crippen LogP) is 4.48. The highest BCUT2D eigenvalue weighted by Crippen LogP contribution is 2.43. The normalized spacial score (nSPS) is 11.7. The Hall–Kier alpha value is 0.0200. The first-order valence-corrected chi connectivity index (χ1v) is 8.89. The van der Waals surface area contributed by atoms with Gasteiger partial charge in [-0.1, -0.05) is 58.0 Å². The average molecular weight is 441 g/mol. The Bertz CT molecular complexity index is 521. The van der Waals surface area contributed by atoms with Crippen molar-refractivity contribution in [2.75, 3.05) is 13.2 Å². The number of nitrogens with two attached hydrogens (primary N) is 2. The van der Waals surface area contributed by atoms with Gasteiger partial charge in [-0.25, -0.2) is 4.79 Å². The van der Waals surface area contributed by atoms with E-state index in [1.165, 1.54) is 0 Å². The molecule has 0 fully saturated rings. The second kappa shape index (κ2) is 12.4. The zero-order valence-corrected chi connectivity index (χ0v) is 16.4. The number of carboxylic acids is 1. The van der Waals surface area contributed by atoms with Crippen molar-refractivity contribution in [2.24, 2.45) is 11.5 Å². The van der Waals surface area contributed by atoms with E-state index in [9.17, 15) is 4.79 Å². The van der Waals surface area contributed by atoms with Gasteiger partial charge in [-0.3, -0.25) is 0 Å². The third-order valence-corrected chi connectivity index (χ3v) is 5.21. The summed E-state index contributed by atoms with van der Waals surface area (Å²) < 4.78 is 0. The first-order valence-electron chi connectivity index (χ1n) is 7.00. The van der Waals surface area contributed by atoms with Crippen molar-refractivity contribution < 1.29 is 15.0 Å². The predicted molar refractivity (Wildman–Crippen MR) is 101 cm³/mol. The van der Waals surface area contributed by atoms with Crippen molar-refractivity contribution in [1.82, 2.24) is 0 Å². The molecular weight excluding hydrogens is 421 g/mol. The van der Waals surface area contributed by atoms with E-state index in [1.807, 2.05) is 0 Å². The molecule has 6 N–H and O–H groups in total. The molecule has 0 amide bonds. The molecular formula is C14H19Cl5N2O3. The van der Waals surface area contributed by atoms with Crippen molar-refractivity contribution in [1.29, 1.82) is 0 Å². The minimum absolute atomic E-state index is 0.0617. The Labute approximate surface area is 165 Å². The van der Waals surface area contributed by atoms with Crippen LogP contribution in [0.4, 0.5) is 0 Å². The zero-order chi connectivity index (χ0) is 18.9. The van der Waals surface area contributed by atoms with Crippen molar-refractivity contribution in [3.8, 4) is 0 Å². The number of rotatable bonds is 7. The van der Waals surface area contributed by atoms with Crippen LogP contribution in [-0.2, 0) is 0 Å². The Morgan fingerprint density at radius 1 is 0.917 bits per heavy atom. The maximum Gasteiger partial charge on any atom is 0.338 e. The Morgan fingerprint density at radius 3 is 1.71 bits per heavy atom. The lowest BCUT2D eigenvalue weighted by atomic mass is 10.1. The highest BCUT2D eigenvalue weighted by atomic mass is 35.5. The van der Waals surface area contributed by atoms with E-state index in [2.05, 4.69) is 0 Å². The lowest BCUT2D eigenvalue weighted by molar-refractivity contribution is 0.0697. The van der Waals surface area contributed by atoms with Crippen LogP contribution in [0.25, 0.3) is 0 Å². The van der Waals surface area contributed by atoms with E-state index in [-0.39, 0.29) is 43.3 Å². The second-order valence-electron chi connectivity index (χ2n) is 4.81. The Balaban J connectivity index is 0.000000470. The van der Waals surface area contributed by atoms with Gasteiger partial charge < -0.3 is 21.7 Å². The number of aromatic carboxylic acids is 1. The number of carboxylic acid groups (broad SMARTS) is 1. The smallest absolute Gasteiger partial charge is 0.338 e. The van der Waals surface area contributed by atoms with E-state index in [4.69, 9.17) is 79.7 Å². The Morgan fingerprint density at radius 2 is 1.33 bits per heavy atom. The highest BCUT2D eigenvalue weighted by Gasteiger charge is 2.23. The number of aliphatic hydroxyl groups is 1. The fraction of sp³-hybridized carbons (Fsp3) is 0.500. The number of carbonyl (C=O) groups is 1. The first-order chi connectivity index (χ1) is 11.2. The van der Waals surface area contributed by atoms with Gasteiger partial charge in [0.2, 0.25) is 0 Å². The molecule has 138 valence electrons. The van der Waals surface area contributed by atoms with Crippen molar-refractivity contribution in [3.63, 3.8) is 0 Å². The van der Waals surface area contributed by atoms with E-state index < -0.39 is 5.97 Å². The van der Waals surface area contributed by atoms with E-state index in [0.29, 0.717) is 6.54 Å². The third-order valence-electron chi connectivity index (χ3n) is 2.94. The third kappa shape index (κ3) is 7.50. The molecule has 0 heterocycles. The standard InChI is InChI=1S/C7HCl5O2.C7H18N2O/c8-2-1(7(13)14)3(9)5(11)6(12)4(2)10;8-5-1-3-7(9)4-2-6-10/h(H,13,14);7,10H,1-6,8-9H2. The second-order valence-corrected chi connectivity index (χ2v) is 6.70. The summed E-state index contributed by atoms with van der Waals surface area (Å²) in [6.45, 7) is 0.961. The van der Waals surface area contributed by atoms with Gasteiger partial charge in [0.05, 0.1) is 30.7 Å². The van der Waals surface area contributed by atoms with Crippen LogP contribution < -0.4 is 11.5 Å².